The van der Waals surface area contributed by atoms with Gasteiger partial charge < -0.3 is 5.32 Å². The number of nitrogens with one attached hydrogen (secondary N) is 1. The zero-order chi connectivity index (χ0) is 15.4. The Labute approximate surface area is 136 Å². The predicted octanol–water partition coefficient (Wildman–Crippen LogP) is 3.55. The largest absolute Gasteiger partial charge is 0.324 e. The number of aromatic nitrogens is 3. The minimum atomic E-state index is -0.0583. The van der Waals surface area contributed by atoms with Crippen LogP contribution in [0.2, 0.25) is 5.02 Å². The molecule has 7 heteroatoms. The molecule has 0 aliphatic rings. The molecule has 22 heavy (non-hydrogen) atoms. The summed E-state index contributed by atoms with van der Waals surface area (Å²) in [6.45, 7) is 0. The number of nitrogens with zero attached hydrogens (tertiary/aromatic N) is 3. The lowest BCUT2D eigenvalue weighted by molar-refractivity contribution is -0.116. The van der Waals surface area contributed by atoms with Gasteiger partial charge in [0.15, 0.2) is 0 Å². The van der Waals surface area contributed by atoms with Crippen LogP contribution in [0.15, 0.2) is 48.4 Å². The number of anilines is 1. The molecule has 1 aromatic carbocycles. The predicted molar refractivity (Wildman–Crippen MR) is 87.6 cm³/mol. The molecule has 3 rings (SSSR count). The van der Waals surface area contributed by atoms with Crippen molar-refractivity contribution < 1.29 is 4.79 Å². The highest BCUT2D eigenvalue weighted by Crippen LogP contribution is 2.24. The van der Waals surface area contributed by atoms with Gasteiger partial charge in [-0.05, 0) is 36.1 Å². The van der Waals surface area contributed by atoms with Crippen molar-refractivity contribution in [3.63, 3.8) is 0 Å². The summed E-state index contributed by atoms with van der Waals surface area (Å²) >= 11 is 7.68. The molecule has 0 saturated heterocycles. The number of carbonyl (C=O) groups is 1. The molecule has 0 aliphatic carbocycles. The maximum absolute atomic E-state index is 12.1. The van der Waals surface area contributed by atoms with Gasteiger partial charge in [0.1, 0.15) is 12.7 Å². The third-order valence-electron chi connectivity index (χ3n) is 3.08. The van der Waals surface area contributed by atoms with E-state index in [1.165, 1.54) is 11.2 Å². The van der Waals surface area contributed by atoms with Gasteiger partial charge in [-0.2, -0.15) is 5.10 Å². The molecule has 0 bridgehead atoms. The van der Waals surface area contributed by atoms with Crippen LogP contribution in [-0.4, -0.2) is 20.7 Å². The fourth-order valence-corrected chi connectivity index (χ4v) is 2.93. The second-order valence-corrected chi connectivity index (χ2v) is 6.10. The molecule has 0 fully saturated rings. The Bertz CT molecular complexity index is 756. The van der Waals surface area contributed by atoms with E-state index in [1.807, 2.05) is 17.5 Å². The van der Waals surface area contributed by atoms with Crippen molar-refractivity contribution in [1.82, 2.24) is 14.8 Å². The van der Waals surface area contributed by atoms with Gasteiger partial charge in [-0.3, -0.25) is 4.79 Å². The van der Waals surface area contributed by atoms with Gasteiger partial charge in [-0.1, -0.05) is 17.7 Å². The summed E-state index contributed by atoms with van der Waals surface area (Å²) in [5, 5.41) is 9.54. The maximum Gasteiger partial charge on any atom is 0.224 e. The number of amides is 1. The van der Waals surface area contributed by atoms with Gasteiger partial charge in [0.2, 0.25) is 5.91 Å². The van der Waals surface area contributed by atoms with Crippen molar-refractivity contribution in [2.75, 3.05) is 5.32 Å². The molecule has 2 heterocycles. The van der Waals surface area contributed by atoms with E-state index in [9.17, 15) is 4.79 Å². The minimum Gasteiger partial charge on any atom is -0.324 e. The van der Waals surface area contributed by atoms with Crippen LogP contribution in [-0.2, 0) is 11.2 Å². The van der Waals surface area contributed by atoms with E-state index in [2.05, 4.69) is 15.4 Å². The molecule has 2 aromatic heterocycles. The Morgan fingerprint density at radius 3 is 3.00 bits per heavy atom. The quantitative estimate of drug-likeness (QED) is 0.777. The number of hydrogen-bond donors (Lipinski definition) is 1. The molecule has 3 aromatic rings. The maximum atomic E-state index is 12.1. The van der Waals surface area contributed by atoms with Crippen molar-refractivity contribution in [2.24, 2.45) is 0 Å². The summed E-state index contributed by atoms with van der Waals surface area (Å²) in [6.07, 6.45) is 4.16. The summed E-state index contributed by atoms with van der Waals surface area (Å²) in [6, 6.07) is 9.27. The number of hydrogen-bond acceptors (Lipinski definition) is 4. The molecular formula is C15H13ClN4OS. The number of rotatable bonds is 5. The third kappa shape index (κ3) is 3.52. The van der Waals surface area contributed by atoms with Crippen molar-refractivity contribution in [3.05, 3.63) is 58.3 Å². The molecule has 0 aliphatic heterocycles. The van der Waals surface area contributed by atoms with Crippen LogP contribution in [0.25, 0.3) is 5.69 Å². The minimum absolute atomic E-state index is 0.0583. The average molecular weight is 333 g/mol. The molecular weight excluding hydrogens is 320 g/mol. The average Bonchev–Trinajstić information content (AvgIpc) is 3.19. The van der Waals surface area contributed by atoms with Crippen LogP contribution >= 0.6 is 22.9 Å². The first-order chi connectivity index (χ1) is 10.7. The zero-order valence-electron chi connectivity index (χ0n) is 11.6. The van der Waals surface area contributed by atoms with Gasteiger partial charge in [0.25, 0.3) is 0 Å². The highest BCUT2D eigenvalue weighted by molar-refractivity contribution is 7.09. The molecule has 1 N–H and O–H groups in total. The monoisotopic (exact) mass is 332 g/mol. The summed E-state index contributed by atoms with van der Waals surface area (Å²) in [7, 11) is 0. The number of carbonyl (C=O) groups excluding carboxylic acids is 1. The van der Waals surface area contributed by atoms with Gasteiger partial charge >= 0.3 is 0 Å². The van der Waals surface area contributed by atoms with Crippen LogP contribution in [0, 0.1) is 0 Å². The Kier molecular flexibility index (Phi) is 4.50. The third-order valence-corrected chi connectivity index (χ3v) is 4.25. The van der Waals surface area contributed by atoms with Gasteiger partial charge in [-0.15, -0.1) is 11.3 Å². The second kappa shape index (κ2) is 6.72. The molecule has 0 radical (unpaired) electrons. The SMILES string of the molecule is O=C(CCc1cccs1)Nc1cc(Cl)ccc1-n1cncn1. The summed E-state index contributed by atoms with van der Waals surface area (Å²) in [5.41, 5.74) is 1.35. The zero-order valence-corrected chi connectivity index (χ0v) is 13.1. The number of aryl methyl sites for hydroxylation is 1. The Hall–Kier alpha value is -2.18. The topological polar surface area (TPSA) is 59.8 Å². The molecule has 112 valence electrons. The summed E-state index contributed by atoms with van der Waals surface area (Å²) in [5.74, 6) is -0.0583. The first-order valence-corrected chi connectivity index (χ1v) is 7.95. The van der Waals surface area contributed by atoms with Crippen LogP contribution < -0.4 is 5.32 Å². The van der Waals surface area contributed by atoms with Crippen LogP contribution in [0.1, 0.15) is 11.3 Å². The van der Waals surface area contributed by atoms with E-state index in [0.717, 1.165) is 12.1 Å². The Morgan fingerprint density at radius 1 is 1.36 bits per heavy atom. The fourth-order valence-electron chi connectivity index (χ4n) is 2.05. The van der Waals surface area contributed by atoms with E-state index in [-0.39, 0.29) is 5.91 Å². The van der Waals surface area contributed by atoms with E-state index < -0.39 is 0 Å². The van der Waals surface area contributed by atoms with Crippen molar-refractivity contribution in [2.45, 2.75) is 12.8 Å². The molecule has 0 spiro atoms. The second-order valence-electron chi connectivity index (χ2n) is 4.63. The van der Waals surface area contributed by atoms with Gasteiger partial charge in [0.05, 0.1) is 11.4 Å². The first-order valence-electron chi connectivity index (χ1n) is 6.69. The molecule has 0 unspecified atom stereocenters. The van der Waals surface area contributed by atoms with E-state index in [4.69, 9.17) is 11.6 Å². The standard InChI is InChI=1S/C15H13ClN4OS/c16-11-3-5-14(20-10-17-9-18-20)13(8-11)19-15(21)6-4-12-2-1-7-22-12/h1-3,5,7-10H,4,6H2,(H,19,21). The van der Waals surface area contributed by atoms with Crippen LogP contribution in [0.5, 0.6) is 0 Å². The first kappa shape index (κ1) is 14.7. The number of benzene rings is 1. The van der Waals surface area contributed by atoms with Crippen molar-refractivity contribution >= 4 is 34.5 Å². The highest BCUT2D eigenvalue weighted by atomic mass is 35.5. The summed E-state index contributed by atoms with van der Waals surface area (Å²) < 4.78 is 1.59. The van der Waals surface area contributed by atoms with Crippen molar-refractivity contribution in [1.29, 1.82) is 0 Å². The fraction of sp³-hybridized carbons (Fsp3) is 0.133. The van der Waals surface area contributed by atoms with Crippen LogP contribution in [0.3, 0.4) is 0 Å². The lowest BCUT2D eigenvalue weighted by Crippen LogP contribution is -2.14. The number of halogens is 1. The van der Waals surface area contributed by atoms with Crippen molar-refractivity contribution in [3.8, 4) is 5.69 Å². The Morgan fingerprint density at radius 2 is 2.27 bits per heavy atom. The van der Waals surface area contributed by atoms with Gasteiger partial charge in [0, 0.05) is 16.3 Å². The van der Waals surface area contributed by atoms with E-state index in [1.54, 1.807) is 40.5 Å². The smallest absolute Gasteiger partial charge is 0.224 e. The number of thiophene rings is 1. The summed E-state index contributed by atoms with van der Waals surface area (Å²) in [4.78, 5) is 17.3. The molecule has 5 nitrogen and oxygen atoms in total. The van der Waals surface area contributed by atoms with Crippen LogP contribution in [0.4, 0.5) is 5.69 Å². The molecule has 0 saturated carbocycles. The van der Waals surface area contributed by atoms with Gasteiger partial charge in [-0.25, -0.2) is 9.67 Å². The van der Waals surface area contributed by atoms with E-state index in [0.29, 0.717) is 17.1 Å². The highest BCUT2D eigenvalue weighted by Gasteiger charge is 2.10. The Balaban J connectivity index is 1.73. The molecule has 1 amide bonds. The lowest BCUT2D eigenvalue weighted by Gasteiger charge is -2.11. The normalized spacial score (nSPS) is 10.6. The van der Waals surface area contributed by atoms with E-state index >= 15 is 0 Å². The molecule has 0 atom stereocenters. The lowest BCUT2D eigenvalue weighted by atomic mass is 10.2.